The third kappa shape index (κ3) is 3.59. The maximum atomic E-state index is 12.3. The Morgan fingerprint density at radius 1 is 1.18 bits per heavy atom. The Bertz CT molecular complexity index is 919. The minimum Gasteiger partial charge on any atom is -0.371 e. The van der Waals surface area contributed by atoms with Gasteiger partial charge in [-0.1, -0.05) is 49.1 Å². The quantitative estimate of drug-likeness (QED) is 0.707. The zero-order valence-electron chi connectivity index (χ0n) is 16.0. The van der Waals surface area contributed by atoms with Gasteiger partial charge in [0.05, 0.1) is 16.8 Å². The highest BCUT2D eigenvalue weighted by molar-refractivity contribution is 6.30. The molecule has 0 saturated heterocycles. The molecule has 0 unspecified atom stereocenters. The molecule has 3 N–H and O–H groups in total. The van der Waals surface area contributed by atoms with Gasteiger partial charge in [0.25, 0.3) is 5.91 Å². The van der Waals surface area contributed by atoms with E-state index in [1.54, 1.807) is 7.05 Å². The summed E-state index contributed by atoms with van der Waals surface area (Å²) < 4.78 is 0. The monoisotopic (exact) mass is 396 g/mol. The normalized spacial score (nSPS) is 17.3. The molecule has 0 aromatic heterocycles. The maximum absolute atomic E-state index is 12.3. The van der Waals surface area contributed by atoms with Crippen molar-refractivity contribution in [3.8, 4) is 0 Å². The van der Waals surface area contributed by atoms with Crippen molar-refractivity contribution in [1.29, 1.82) is 0 Å². The maximum Gasteiger partial charge on any atom is 0.253 e. The molecule has 28 heavy (non-hydrogen) atoms. The molecule has 2 aliphatic rings. The molecule has 2 aromatic carbocycles. The molecule has 1 amide bonds. The van der Waals surface area contributed by atoms with E-state index in [4.69, 9.17) is 16.6 Å². The van der Waals surface area contributed by atoms with Crippen LogP contribution in [0.25, 0.3) is 0 Å². The highest BCUT2D eigenvalue weighted by atomic mass is 35.5. The van der Waals surface area contributed by atoms with Crippen molar-refractivity contribution in [3.05, 3.63) is 58.6 Å². The minimum absolute atomic E-state index is 0.129. The lowest BCUT2D eigenvalue weighted by molar-refractivity contribution is 0.0964. The summed E-state index contributed by atoms with van der Waals surface area (Å²) in [5.74, 6) is 0.784. The van der Waals surface area contributed by atoms with Crippen LogP contribution in [0.3, 0.4) is 0 Å². The number of benzene rings is 2. The first kappa shape index (κ1) is 18.8. The first-order valence-corrected chi connectivity index (χ1v) is 10.2. The number of fused-ring (bicyclic) bond motifs is 1. The fraction of sp³-hybridized carbons (Fsp3) is 0.364. The Labute approximate surface area is 170 Å². The molecule has 1 aliphatic carbocycles. The number of aliphatic imine (C=N–C) groups is 1. The number of carbonyl (C=O) groups is 1. The summed E-state index contributed by atoms with van der Waals surface area (Å²) in [7, 11) is 1.64. The van der Waals surface area contributed by atoms with E-state index in [2.05, 4.69) is 16.0 Å². The van der Waals surface area contributed by atoms with Crippen molar-refractivity contribution in [3.63, 3.8) is 0 Å². The second-order valence-corrected chi connectivity index (χ2v) is 7.93. The van der Waals surface area contributed by atoms with E-state index in [-0.39, 0.29) is 11.4 Å². The van der Waals surface area contributed by atoms with Crippen LogP contribution in [-0.4, -0.2) is 24.3 Å². The van der Waals surface area contributed by atoms with Gasteiger partial charge in [-0.25, -0.2) is 4.99 Å². The number of carbonyl (C=O) groups excluding carboxylic acids is 1. The summed E-state index contributed by atoms with van der Waals surface area (Å²) in [5, 5.41) is 10.7. The molecule has 1 spiro atoms. The van der Waals surface area contributed by atoms with Gasteiger partial charge in [-0.3, -0.25) is 4.79 Å². The number of nitrogens with one attached hydrogen (secondary N) is 3. The third-order valence-corrected chi connectivity index (χ3v) is 5.85. The van der Waals surface area contributed by atoms with Crippen LogP contribution in [0.15, 0.2) is 47.5 Å². The molecule has 5 nitrogen and oxygen atoms in total. The van der Waals surface area contributed by atoms with Gasteiger partial charge in [-0.2, -0.15) is 0 Å². The lowest BCUT2D eigenvalue weighted by Gasteiger charge is -2.43. The van der Waals surface area contributed by atoms with Crippen LogP contribution in [0.5, 0.6) is 0 Å². The molecule has 146 valence electrons. The lowest BCUT2D eigenvalue weighted by atomic mass is 9.79. The smallest absolute Gasteiger partial charge is 0.253 e. The van der Waals surface area contributed by atoms with Gasteiger partial charge in [0, 0.05) is 18.6 Å². The summed E-state index contributed by atoms with van der Waals surface area (Å²) in [6.07, 6.45) is 5.62. The minimum atomic E-state index is -0.203. The Kier molecular flexibility index (Phi) is 5.27. The number of hydrogen-bond donors (Lipinski definition) is 3. The van der Waals surface area contributed by atoms with Crippen LogP contribution in [-0.2, 0) is 6.54 Å². The Morgan fingerprint density at radius 3 is 2.71 bits per heavy atom. The van der Waals surface area contributed by atoms with Gasteiger partial charge < -0.3 is 16.0 Å². The lowest BCUT2D eigenvalue weighted by Crippen LogP contribution is -2.55. The zero-order chi connectivity index (χ0) is 19.6. The summed E-state index contributed by atoms with van der Waals surface area (Å²) in [6, 6.07) is 13.6. The summed E-state index contributed by atoms with van der Waals surface area (Å²) in [6.45, 7) is 0.639. The summed E-state index contributed by atoms with van der Waals surface area (Å²) in [4.78, 5) is 17.3. The number of halogens is 1. The first-order valence-electron chi connectivity index (χ1n) is 9.82. The van der Waals surface area contributed by atoms with Crippen LogP contribution >= 0.6 is 11.6 Å². The first-order chi connectivity index (χ1) is 13.6. The standard InChI is InChI=1S/C22H25ClN4O/c1-24-20(28)17-9-6-10-18-19(17)26-21(22(27-18)11-3-2-4-12-22)25-14-15-7-5-8-16(23)13-15/h5-10,13,27H,2-4,11-12,14H2,1H3,(H,24,28)(H,25,26). The molecule has 1 aliphatic heterocycles. The highest BCUT2D eigenvalue weighted by Crippen LogP contribution is 2.41. The molecule has 0 atom stereocenters. The molecule has 0 radical (unpaired) electrons. The zero-order valence-corrected chi connectivity index (χ0v) is 16.8. The van der Waals surface area contributed by atoms with Gasteiger partial charge in [-0.15, -0.1) is 0 Å². The van der Waals surface area contributed by atoms with Gasteiger partial charge in [0.1, 0.15) is 11.5 Å². The number of amidine groups is 1. The number of nitrogens with zero attached hydrogens (tertiary/aromatic N) is 1. The predicted octanol–water partition coefficient (Wildman–Crippen LogP) is 4.65. The molecule has 4 rings (SSSR count). The van der Waals surface area contributed by atoms with Gasteiger partial charge >= 0.3 is 0 Å². The summed E-state index contributed by atoms with van der Waals surface area (Å²) >= 11 is 6.13. The topological polar surface area (TPSA) is 65.5 Å². The van der Waals surface area contributed by atoms with Crippen LogP contribution in [0, 0.1) is 0 Å². The van der Waals surface area contributed by atoms with Crippen molar-refractivity contribution >= 4 is 34.7 Å². The van der Waals surface area contributed by atoms with Crippen molar-refractivity contribution in [1.82, 2.24) is 10.6 Å². The number of para-hydroxylation sites is 1. The molecule has 1 fully saturated rings. The van der Waals surface area contributed by atoms with E-state index in [1.807, 2.05) is 42.5 Å². The highest BCUT2D eigenvalue weighted by Gasteiger charge is 2.40. The van der Waals surface area contributed by atoms with Crippen molar-refractivity contribution < 1.29 is 4.79 Å². The van der Waals surface area contributed by atoms with E-state index < -0.39 is 0 Å². The number of amides is 1. The van der Waals surface area contributed by atoms with E-state index >= 15 is 0 Å². The second-order valence-electron chi connectivity index (χ2n) is 7.49. The molecule has 0 bridgehead atoms. The Hall–Kier alpha value is -2.53. The fourth-order valence-electron chi connectivity index (χ4n) is 4.18. The van der Waals surface area contributed by atoms with E-state index in [9.17, 15) is 4.79 Å². The second kappa shape index (κ2) is 7.84. The van der Waals surface area contributed by atoms with E-state index in [0.717, 1.165) is 47.8 Å². The average Bonchev–Trinajstić information content (AvgIpc) is 2.72. The van der Waals surface area contributed by atoms with Gasteiger partial charge in [-0.05, 0) is 42.7 Å². The predicted molar refractivity (Wildman–Crippen MR) is 115 cm³/mol. The average molecular weight is 397 g/mol. The van der Waals surface area contributed by atoms with Crippen LogP contribution in [0.4, 0.5) is 11.4 Å². The van der Waals surface area contributed by atoms with Crippen LogP contribution < -0.4 is 16.0 Å². The van der Waals surface area contributed by atoms with Crippen molar-refractivity contribution in [2.75, 3.05) is 12.4 Å². The number of rotatable bonds is 3. The van der Waals surface area contributed by atoms with Gasteiger partial charge in [0.15, 0.2) is 0 Å². The Morgan fingerprint density at radius 2 is 1.96 bits per heavy atom. The molecular weight excluding hydrogens is 372 g/mol. The summed E-state index contributed by atoms with van der Waals surface area (Å²) in [5.41, 5.74) is 3.11. The van der Waals surface area contributed by atoms with Gasteiger partial charge in [0.2, 0.25) is 0 Å². The Balaban J connectivity index is 1.71. The molecular formula is C22H25ClN4O. The van der Waals surface area contributed by atoms with Crippen LogP contribution in [0.1, 0.15) is 48.0 Å². The van der Waals surface area contributed by atoms with E-state index in [0.29, 0.717) is 17.8 Å². The molecule has 1 heterocycles. The van der Waals surface area contributed by atoms with Crippen LogP contribution in [0.2, 0.25) is 5.02 Å². The molecule has 6 heteroatoms. The van der Waals surface area contributed by atoms with Crippen molar-refractivity contribution in [2.24, 2.45) is 4.99 Å². The fourth-order valence-corrected chi connectivity index (χ4v) is 4.39. The third-order valence-electron chi connectivity index (χ3n) is 5.61. The van der Waals surface area contributed by atoms with Crippen molar-refractivity contribution in [2.45, 2.75) is 44.2 Å². The van der Waals surface area contributed by atoms with E-state index in [1.165, 1.54) is 6.42 Å². The largest absolute Gasteiger partial charge is 0.371 e. The molecule has 1 saturated carbocycles. The molecule has 2 aromatic rings. The number of anilines is 1. The number of hydrogen-bond acceptors (Lipinski definition) is 4. The SMILES string of the molecule is CNC(=O)c1cccc2c1N=C(NCc1cccc(Cl)c1)C1(CCCCC1)N2.